The first-order valence-electron chi connectivity index (χ1n) is 7.52. The lowest BCUT2D eigenvalue weighted by Crippen LogP contribution is -2.24. The molecular weight excluding hydrogens is 294 g/mol. The Bertz CT molecular complexity index is 837. The van der Waals surface area contributed by atoms with Crippen molar-refractivity contribution >= 4 is 5.91 Å². The average molecular weight is 309 g/mol. The molecule has 0 fully saturated rings. The molecule has 0 aliphatic carbocycles. The molecule has 0 bridgehead atoms. The van der Waals surface area contributed by atoms with Gasteiger partial charge in [-0.1, -0.05) is 35.5 Å². The summed E-state index contributed by atoms with van der Waals surface area (Å²) in [6.45, 7) is 1.25. The van der Waals surface area contributed by atoms with Crippen LogP contribution in [0.3, 0.4) is 0 Å². The van der Waals surface area contributed by atoms with E-state index >= 15 is 0 Å². The highest BCUT2D eigenvalue weighted by Crippen LogP contribution is 2.21. The lowest BCUT2D eigenvalue weighted by Gasteiger charge is -2.05. The smallest absolute Gasteiger partial charge is 0.257 e. The summed E-state index contributed by atoms with van der Waals surface area (Å²) in [5.41, 5.74) is 1.79. The topological polar surface area (TPSA) is 85.8 Å². The maximum atomic E-state index is 12.4. The Morgan fingerprint density at radius 3 is 3.00 bits per heavy atom. The molecule has 1 aromatic carbocycles. The first-order valence-corrected chi connectivity index (χ1v) is 7.52. The Kier molecular flexibility index (Phi) is 3.38. The van der Waals surface area contributed by atoms with E-state index in [1.165, 1.54) is 6.26 Å². The normalized spacial score (nSPS) is 13.0. The van der Waals surface area contributed by atoms with Crippen molar-refractivity contribution in [2.75, 3.05) is 0 Å². The summed E-state index contributed by atoms with van der Waals surface area (Å²) >= 11 is 0. The number of hydrogen-bond acceptors (Lipinski definition) is 5. The Morgan fingerprint density at radius 1 is 1.26 bits per heavy atom. The molecule has 1 aliphatic rings. The first kappa shape index (κ1) is 13.7. The fourth-order valence-corrected chi connectivity index (χ4v) is 2.80. The zero-order chi connectivity index (χ0) is 15.6. The van der Waals surface area contributed by atoms with Gasteiger partial charge in [0.15, 0.2) is 5.82 Å². The van der Waals surface area contributed by atoms with Gasteiger partial charge in [-0.05, 0) is 6.42 Å². The van der Waals surface area contributed by atoms with E-state index in [4.69, 9.17) is 4.52 Å². The van der Waals surface area contributed by atoms with Crippen molar-refractivity contribution in [2.45, 2.75) is 25.9 Å². The predicted molar refractivity (Wildman–Crippen MR) is 81.5 cm³/mol. The van der Waals surface area contributed by atoms with E-state index in [1.54, 1.807) is 0 Å². The highest BCUT2D eigenvalue weighted by molar-refractivity contribution is 5.99. The number of nitrogens with one attached hydrogen (secondary N) is 1. The Morgan fingerprint density at radius 2 is 2.13 bits per heavy atom. The molecule has 116 valence electrons. The second-order valence-corrected chi connectivity index (χ2v) is 5.41. The number of carbonyl (C=O) groups is 1. The Balaban J connectivity index is 1.51. The number of benzene rings is 1. The quantitative estimate of drug-likeness (QED) is 0.794. The van der Waals surface area contributed by atoms with Crippen LogP contribution in [0.15, 0.2) is 41.1 Å². The van der Waals surface area contributed by atoms with Gasteiger partial charge in [0, 0.05) is 18.5 Å². The van der Waals surface area contributed by atoms with Crippen LogP contribution in [0.5, 0.6) is 0 Å². The average Bonchev–Trinajstić information content (AvgIpc) is 3.30. The summed E-state index contributed by atoms with van der Waals surface area (Å²) in [4.78, 5) is 12.4. The molecule has 1 amide bonds. The molecule has 2 aromatic heterocycles. The summed E-state index contributed by atoms with van der Waals surface area (Å²) in [5, 5.41) is 15.1. The largest absolute Gasteiger partial charge is 0.363 e. The van der Waals surface area contributed by atoms with Gasteiger partial charge in [-0.3, -0.25) is 4.79 Å². The molecule has 1 aliphatic heterocycles. The van der Waals surface area contributed by atoms with Crippen molar-refractivity contribution in [1.29, 1.82) is 0 Å². The third kappa shape index (κ3) is 2.50. The Labute approximate surface area is 132 Å². The van der Waals surface area contributed by atoms with E-state index in [9.17, 15) is 4.79 Å². The number of rotatable bonds is 4. The summed E-state index contributed by atoms with van der Waals surface area (Å²) in [7, 11) is 0. The van der Waals surface area contributed by atoms with Crippen molar-refractivity contribution in [3.8, 4) is 11.3 Å². The van der Waals surface area contributed by atoms with E-state index in [0.29, 0.717) is 17.8 Å². The number of amides is 1. The minimum atomic E-state index is -0.236. The van der Waals surface area contributed by atoms with Gasteiger partial charge in [0.25, 0.3) is 5.91 Å². The first-order chi connectivity index (χ1) is 11.3. The van der Waals surface area contributed by atoms with Gasteiger partial charge in [-0.25, -0.2) is 0 Å². The van der Waals surface area contributed by atoms with Crippen molar-refractivity contribution in [3.05, 3.63) is 53.8 Å². The summed E-state index contributed by atoms with van der Waals surface area (Å²) in [5.74, 6) is 1.54. The molecule has 0 unspecified atom stereocenters. The maximum absolute atomic E-state index is 12.4. The number of aryl methyl sites for hydroxylation is 1. The fourth-order valence-electron chi connectivity index (χ4n) is 2.80. The number of fused-ring (bicyclic) bond motifs is 1. The van der Waals surface area contributed by atoms with E-state index in [-0.39, 0.29) is 5.91 Å². The summed E-state index contributed by atoms with van der Waals surface area (Å²) in [6.07, 6.45) is 3.40. The molecule has 3 aromatic rings. The molecule has 7 heteroatoms. The lowest BCUT2D eigenvalue weighted by molar-refractivity contribution is 0.0949. The van der Waals surface area contributed by atoms with Crippen LogP contribution in [-0.4, -0.2) is 25.8 Å². The van der Waals surface area contributed by atoms with Crippen LogP contribution in [-0.2, 0) is 19.5 Å². The second kappa shape index (κ2) is 5.68. The van der Waals surface area contributed by atoms with Crippen LogP contribution in [0.2, 0.25) is 0 Å². The second-order valence-electron chi connectivity index (χ2n) is 5.41. The van der Waals surface area contributed by atoms with Gasteiger partial charge < -0.3 is 14.4 Å². The van der Waals surface area contributed by atoms with Gasteiger partial charge in [-0.15, -0.1) is 10.2 Å². The van der Waals surface area contributed by atoms with Crippen molar-refractivity contribution in [2.24, 2.45) is 0 Å². The molecule has 0 radical (unpaired) electrons. The molecule has 1 N–H and O–H groups in total. The van der Waals surface area contributed by atoms with Gasteiger partial charge >= 0.3 is 0 Å². The number of carbonyl (C=O) groups excluding carboxylic acids is 1. The maximum Gasteiger partial charge on any atom is 0.257 e. The third-order valence-electron chi connectivity index (χ3n) is 3.95. The van der Waals surface area contributed by atoms with Crippen LogP contribution in [0.1, 0.15) is 28.4 Å². The van der Waals surface area contributed by atoms with Crippen LogP contribution in [0.4, 0.5) is 0 Å². The monoisotopic (exact) mass is 309 g/mol. The number of aromatic nitrogens is 4. The minimum absolute atomic E-state index is 0.236. The summed E-state index contributed by atoms with van der Waals surface area (Å²) in [6, 6.07) is 9.48. The SMILES string of the molecule is O=C(NCc1nnc2n1CCC2)c1conc1-c1ccccc1. The fraction of sp³-hybridized carbons (Fsp3) is 0.250. The van der Waals surface area contributed by atoms with E-state index in [1.807, 2.05) is 30.3 Å². The highest BCUT2D eigenvalue weighted by Gasteiger charge is 2.20. The molecule has 4 rings (SSSR count). The zero-order valence-corrected chi connectivity index (χ0v) is 12.4. The molecule has 3 heterocycles. The summed E-state index contributed by atoms with van der Waals surface area (Å²) < 4.78 is 7.05. The van der Waals surface area contributed by atoms with Crippen LogP contribution >= 0.6 is 0 Å². The molecule has 0 atom stereocenters. The number of hydrogen-bond donors (Lipinski definition) is 1. The molecular formula is C16H15N5O2. The number of nitrogens with zero attached hydrogens (tertiary/aromatic N) is 4. The third-order valence-corrected chi connectivity index (χ3v) is 3.95. The van der Waals surface area contributed by atoms with E-state index in [2.05, 4.69) is 25.2 Å². The van der Waals surface area contributed by atoms with Crippen molar-refractivity contribution in [1.82, 2.24) is 25.2 Å². The molecule has 0 spiro atoms. The predicted octanol–water partition coefficient (Wildman–Crippen LogP) is 1.81. The van der Waals surface area contributed by atoms with Gasteiger partial charge in [-0.2, -0.15) is 0 Å². The van der Waals surface area contributed by atoms with Crippen molar-refractivity contribution in [3.63, 3.8) is 0 Å². The van der Waals surface area contributed by atoms with Crippen LogP contribution in [0.25, 0.3) is 11.3 Å². The minimum Gasteiger partial charge on any atom is -0.363 e. The van der Waals surface area contributed by atoms with Crippen molar-refractivity contribution < 1.29 is 9.32 Å². The van der Waals surface area contributed by atoms with Crippen LogP contribution in [0, 0.1) is 0 Å². The lowest BCUT2D eigenvalue weighted by atomic mass is 10.1. The molecule has 23 heavy (non-hydrogen) atoms. The molecule has 0 saturated heterocycles. The zero-order valence-electron chi connectivity index (χ0n) is 12.4. The van der Waals surface area contributed by atoms with Gasteiger partial charge in [0.1, 0.15) is 23.3 Å². The highest BCUT2D eigenvalue weighted by atomic mass is 16.5. The van der Waals surface area contributed by atoms with Gasteiger partial charge in [0.2, 0.25) is 0 Å². The van der Waals surface area contributed by atoms with Gasteiger partial charge in [0.05, 0.1) is 6.54 Å². The molecule has 7 nitrogen and oxygen atoms in total. The van der Waals surface area contributed by atoms with E-state index < -0.39 is 0 Å². The Hall–Kier alpha value is -2.96. The standard InChI is InChI=1S/C16H15N5O2/c22-16(17-9-14-19-18-13-7-4-8-21(13)14)12-10-23-20-15(12)11-5-2-1-3-6-11/h1-3,5-6,10H,4,7-9H2,(H,17,22). The molecule has 0 saturated carbocycles. The van der Waals surface area contributed by atoms with Crippen LogP contribution < -0.4 is 5.32 Å². The van der Waals surface area contributed by atoms with E-state index in [0.717, 1.165) is 36.6 Å².